The average Bonchev–Trinajstić information content (AvgIpc) is 3.10. The molecule has 0 aliphatic rings. The highest BCUT2D eigenvalue weighted by molar-refractivity contribution is 5.79. The Hall–Kier alpha value is -2.83. The van der Waals surface area contributed by atoms with E-state index in [9.17, 15) is 4.79 Å². The number of hydrogen-bond acceptors (Lipinski definition) is 5. The van der Waals surface area contributed by atoms with Crippen molar-refractivity contribution in [3.05, 3.63) is 41.5 Å². The minimum Gasteiger partial charge on any atom is -0.497 e. The van der Waals surface area contributed by atoms with Crippen LogP contribution >= 0.6 is 0 Å². The molecule has 0 saturated heterocycles. The van der Waals surface area contributed by atoms with E-state index in [0.717, 1.165) is 22.5 Å². The predicted octanol–water partition coefficient (Wildman–Crippen LogP) is 1.73. The van der Waals surface area contributed by atoms with Gasteiger partial charge in [-0.05, 0) is 19.1 Å². The fourth-order valence-electron chi connectivity index (χ4n) is 2.15. The molecule has 2 N–H and O–H groups in total. The Labute approximate surface area is 126 Å². The average molecular weight is 300 g/mol. The third-order valence-corrected chi connectivity index (χ3v) is 3.20. The van der Waals surface area contributed by atoms with Crippen LogP contribution in [0.2, 0.25) is 0 Å². The molecule has 0 fully saturated rings. The second-order valence-electron chi connectivity index (χ2n) is 4.95. The number of carbonyl (C=O) groups excluding carboxylic acids is 1. The van der Waals surface area contributed by atoms with E-state index in [1.165, 1.54) is 0 Å². The number of aromatic amines is 1. The summed E-state index contributed by atoms with van der Waals surface area (Å²) in [7, 11) is 1.61. The lowest BCUT2D eigenvalue weighted by molar-refractivity contribution is -0.120. The van der Waals surface area contributed by atoms with E-state index >= 15 is 0 Å². The molecule has 0 atom stereocenters. The van der Waals surface area contributed by atoms with Crippen molar-refractivity contribution in [1.82, 2.24) is 20.4 Å². The molecule has 22 heavy (non-hydrogen) atoms. The Morgan fingerprint density at radius 3 is 3.00 bits per heavy atom. The van der Waals surface area contributed by atoms with Crippen LogP contribution in [-0.2, 0) is 17.8 Å². The van der Waals surface area contributed by atoms with Gasteiger partial charge in [0.05, 0.1) is 36.8 Å². The molecule has 0 unspecified atom stereocenters. The number of imidazole rings is 1. The summed E-state index contributed by atoms with van der Waals surface area (Å²) in [4.78, 5) is 19.4. The lowest BCUT2D eigenvalue weighted by Crippen LogP contribution is -2.24. The van der Waals surface area contributed by atoms with Gasteiger partial charge in [0.2, 0.25) is 5.91 Å². The van der Waals surface area contributed by atoms with Gasteiger partial charge >= 0.3 is 0 Å². The van der Waals surface area contributed by atoms with Crippen molar-refractivity contribution in [2.75, 3.05) is 7.11 Å². The van der Waals surface area contributed by atoms with Crippen LogP contribution in [0, 0.1) is 6.92 Å². The summed E-state index contributed by atoms with van der Waals surface area (Å²) in [5.41, 5.74) is 2.46. The molecular formula is C15H16N4O3. The number of aryl methyl sites for hydroxylation is 1. The number of nitrogens with zero attached hydrogens (tertiary/aromatic N) is 2. The van der Waals surface area contributed by atoms with Gasteiger partial charge in [-0.25, -0.2) is 4.98 Å². The number of benzene rings is 1. The SMILES string of the molecule is COc1ccc2nc(CNC(=O)Cc3cc(C)no3)[nH]c2c1. The van der Waals surface area contributed by atoms with E-state index in [2.05, 4.69) is 20.4 Å². The van der Waals surface area contributed by atoms with Gasteiger partial charge in [0.1, 0.15) is 17.3 Å². The number of carbonyl (C=O) groups is 1. The number of H-pyrrole nitrogens is 1. The third kappa shape index (κ3) is 3.08. The maximum atomic E-state index is 11.9. The molecule has 2 heterocycles. The van der Waals surface area contributed by atoms with Crippen LogP contribution in [0.3, 0.4) is 0 Å². The number of nitrogens with one attached hydrogen (secondary N) is 2. The first-order valence-electron chi connectivity index (χ1n) is 6.85. The van der Waals surface area contributed by atoms with E-state index in [0.29, 0.717) is 18.1 Å². The molecule has 1 amide bonds. The molecule has 0 spiro atoms. The largest absolute Gasteiger partial charge is 0.497 e. The van der Waals surface area contributed by atoms with Crippen molar-refractivity contribution in [3.8, 4) is 5.75 Å². The lowest BCUT2D eigenvalue weighted by Gasteiger charge is -2.00. The zero-order valence-electron chi connectivity index (χ0n) is 12.3. The van der Waals surface area contributed by atoms with E-state index in [4.69, 9.17) is 9.26 Å². The van der Waals surface area contributed by atoms with Gasteiger partial charge in [-0.1, -0.05) is 5.16 Å². The minimum absolute atomic E-state index is 0.144. The topological polar surface area (TPSA) is 93.0 Å². The molecule has 2 aromatic heterocycles. The van der Waals surface area contributed by atoms with Crippen molar-refractivity contribution >= 4 is 16.9 Å². The van der Waals surface area contributed by atoms with Crippen molar-refractivity contribution < 1.29 is 14.1 Å². The van der Waals surface area contributed by atoms with Crippen molar-refractivity contribution in [1.29, 1.82) is 0 Å². The van der Waals surface area contributed by atoms with Crippen LogP contribution in [0.25, 0.3) is 11.0 Å². The molecule has 0 radical (unpaired) electrons. The number of amides is 1. The molecule has 0 bridgehead atoms. The minimum atomic E-state index is -0.144. The van der Waals surface area contributed by atoms with Crippen LogP contribution in [0.5, 0.6) is 5.75 Å². The summed E-state index contributed by atoms with van der Waals surface area (Å²) in [6, 6.07) is 7.32. The standard InChI is InChI=1S/C15H16N4O3/c1-9-5-11(22-19-9)7-15(20)16-8-14-17-12-4-3-10(21-2)6-13(12)18-14/h3-6H,7-8H2,1-2H3,(H,16,20)(H,17,18). The van der Waals surface area contributed by atoms with Crippen molar-refractivity contribution in [2.24, 2.45) is 0 Å². The maximum Gasteiger partial charge on any atom is 0.228 e. The molecule has 3 rings (SSSR count). The number of ether oxygens (including phenoxy) is 1. The Morgan fingerprint density at radius 1 is 1.41 bits per heavy atom. The normalized spacial score (nSPS) is 10.8. The quantitative estimate of drug-likeness (QED) is 0.748. The summed E-state index contributed by atoms with van der Waals surface area (Å²) in [5.74, 6) is 1.84. The summed E-state index contributed by atoms with van der Waals surface area (Å²) in [6.07, 6.45) is 0.162. The first-order chi connectivity index (χ1) is 10.6. The van der Waals surface area contributed by atoms with Gasteiger partial charge < -0.3 is 19.6 Å². The number of methoxy groups -OCH3 is 1. The second kappa shape index (κ2) is 5.88. The van der Waals surface area contributed by atoms with Crippen LogP contribution in [0.15, 0.2) is 28.8 Å². The zero-order chi connectivity index (χ0) is 15.5. The molecule has 7 heteroatoms. The van der Waals surface area contributed by atoms with E-state index < -0.39 is 0 Å². The first-order valence-corrected chi connectivity index (χ1v) is 6.85. The Kier molecular flexibility index (Phi) is 3.78. The molecule has 0 aliphatic carbocycles. The van der Waals surface area contributed by atoms with Crippen molar-refractivity contribution in [3.63, 3.8) is 0 Å². The Morgan fingerprint density at radius 2 is 2.27 bits per heavy atom. The van der Waals surface area contributed by atoms with Gasteiger partial charge in [0.25, 0.3) is 0 Å². The summed E-state index contributed by atoms with van der Waals surface area (Å²) in [6.45, 7) is 2.14. The zero-order valence-corrected chi connectivity index (χ0v) is 12.3. The van der Waals surface area contributed by atoms with Gasteiger partial charge in [-0.15, -0.1) is 0 Å². The van der Waals surface area contributed by atoms with Crippen LogP contribution < -0.4 is 10.1 Å². The molecular weight excluding hydrogens is 284 g/mol. The van der Waals surface area contributed by atoms with E-state index in [1.807, 2.05) is 25.1 Å². The van der Waals surface area contributed by atoms with Gasteiger partial charge in [-0.2, -0.15) is 0 Å². The number of aromatic nitrogens is 3. The van der Waals surface area contributed by atoms with Crippen LogP contribution in [-0.4, -0.2) is 28.1 Å². The second-order valence-corrected chi connectivity index (χ2v) is 4.95. The fraction of sp³-hybridized carbons (Fsp3) is 0.267. The highest BCUT2D eigenvalue weighted by Gasteiger charge is 2.09. The number of fused-ring (bicyclic) bond motifs is 1. The van der Waals surface area contributed by atoms with Gasteiger partial charge in [0.15, 0.2) is 0 Å². The van der Waals surface area contributed by atoms with Crippen molar-refractivity contribution in [2.45, 2.75) is 19.9 Å². The van der Waals surface area contributed by atoms with Gasteiger partial charge in [-0.3, -0.25) is 4.79 Å². The molecule has 0 aliphatic heterocycles. The third-order valence-electron chi connectivity index (χ3n) is 3.20. The Balaban J connectivity index is 1.62. The van der Waals surface area contributed by atoms with E-state index in [1.54, 1.807) is 13.2 Å². The molecule has 114 valence electrons. The van der Waals surface area contributed by atoms with Crippen LogP contribution in [0.4, 0.5) is 0 Å². The summed E-state index contributed by atoms with van der Waals surface area (Å²) < 4.78 is 10.2. The molecule has 0 saturated carbocycles. The fourth-order valence-corrected chi connectivity index (χ4v) is 2.15. The monoisotopic (exact) mass is 300 g/mol. The lowest BCUT2D eigenvalue weighted by atomic mass is 10.3. The highest BCUT2D eigenvalue weighted by atomic mass is 16.5. The number of hydrogen-bond donors (Lipinski definition) is 2. The summed E-state index contributed by atoms with van der Waals surface area (Å²) >= 11 is 0. The maximum absolute atomic E-state index is 11.9. The predicted molar refractivity (Wildman–Crippen MR) is 79.4 cm³/mol. The number of rotatable bonds is 5. The van der Waals surface area contributed by atoms with Crippen LogP contribution in [0.1, 0.15) is 17.3 Å². The Bertz CT molecular complexity index is 806. The smallest absolute Gasteiger partial charge is 0.228 e. The molecule has 1 aromatic carbocycles. The first kappa shape index (κ1) is 14.1. The molecule has 7 nitrogen and oxygen atoms in total. The van der Waals surface area contributed by atoms with Gasteiger partial charge in [0, 0.05) is 12.1 Å². The molecule has 3 aromatic rings. The highest BCUT2D eigenvalue weighted by Crippen LogP contribution is 2.18. The van der Waals surface area contributed by atoms with E-state index in [-0.39, 0.29) is 12.3 Å². The summed E-state index contributed by atoms with van der Waals surface area (Å²) in [5, 5.41) is 6.54.